The highest BCUT2D eigenvalue weighted by atomic mass is 35.5. The van der Waals surface area contributed by atoms with Crippen LogP contribution in [-0.2, 0) is 5.41 Å². The largest absolute Gasteiger partial charge is 0.495 e. The van der Waals surface area contributed by atoms with Gasteiger partial charge in [-0.2, -0.15) is 0 Å². The fraction of sp³-hybridized carbons (Fsp3) is 0.235. The van der Waals surface area contributed by atoms with Gasteiger partial charge in [-0.1, -0.05) is 23.7 Å². The fourth-order valence-corrected chi connectivity index (χ4v) is 2.39. The highest BCUT2D eigenvalue weighted by Gasteiger charge is 2.31. The highest BCUT2D eigenvalue weighted by Crippen LogP contribution is 2.31. The molecule has 2 aromatic carbocycles. The summed E-state index contributed by atoms with van der Waals surface area (Å²) < 4.78 is 5.17. The lowest BCUT2D eigenvalue weighted by atomic mass is 9.78. The maximum Gasteiger partial charge on any atom is 0.172 e. The monoisotopic (exact) mass is 303 g/mol. The summed E-state index contributed by atoms with van der Waals surface area (Å²) in [4.78, 5) is 12.8. The molecule has 0 spiro atoms. The van der Waals surface area contributed by atoms with Crippen molar-refractivity contribution in [2.24, 2.45) is 0 Å². The van der Waals surface area contributed by atoms with E-state index < -0.39 is 5.41 Å². The summed E-state index contributed by atoms with van der Waals surface area (Å²) in [5.41, 5.74) is 7.19. The molecule has 0 bridgehead atoms. The summed E-state index contributed by atoms with van der Waals surface area (Å²) in [5, 5.41) is 0.486. The van der Waals surface area contributed by atoms with E-state index in [-0.39, 0.29) is 5.78 Å². The van der Waals surface area contributed by atoms with Crippen LogP contribution in [0.25, 0.3) is 0 Å². The van der Waals surface area contributed by atoms with E-state index in [1.54, 1.807) is 30.3 Å². The smallest absolute Gasteiger partial charge is 0.172 e. The average Bonchev–Trinajstić information content (AvgIpc) is 2.47. The molecule has 0 fully saturated rings. The Morgan fingerprint density at radius 2 is 1.76 bits per heavy atom. The number of nitrogen functional groups attached to an aromatic ring is 1. The first-order chi connectivity index (χ1) is 9.86. The molecule has 0 saturated heterocycles. The zero-order valence-corrected chi connectivity index (χ0v) is 13.1. The summed E-state index contributed by atoms with van der Waals surface area (Å²) in [5.74, 6) is 0.498. The van der Waals surface area contributed by atoms with Gasteiger partial charge in [-0.3, -0.25) is 4.79 Å². The Hall–Kier alpha value is -2.00. The first-order valence-electron chi connectivity index (χ1n) is 6.60. The first kappa shape index (κ1) is 15.4. The van der Waals surface area contributed by atoms with Gasteiger partial charge in [0.1, 0.15) is 5.75 Å². The number of methoxy groups -OCH3 is 1. The third-order valence-electron chi connectivity index (χ3n) is 3.61. The van der Waals surface area contributed by atoms with Gasteiger partial charge in [0.05, 0.1) is 17.5 Å². The molecule has 0 amide bonds. The maximum atomic E-state index is 12.8. The minimum atomic E-state index is -0.660. The van der Waals surface area contributed by atoms with Gasteiger partial charge in [-0.25, -0.2) is 0 Å². The number of carbonyl (C=O) groups excluding carboxylic acids is 1. The molecular weight excluding hydrogens is 286 g/mol. The zero-order valence-electron chi connectivity index (χ0n) is 12.3. The van der Waals surface area contributed by atoms with E-state index in [4.69, 9.17) is 22.1 Å². The Morgan fingerprint density at radius 3 is 2.33 bits per heavy atom. The van der Waals surface area contributed by atoms with Crippen molar-refractivity contribution < 1.29 is 9.53 Å². The van der Waals surface area contributed by atoms with Crippen molar-refractivity contribution in [2.45, 2.75) is 19.3 Å². The predicted octanol–water partition coefficient (Wildman–Crippen LogP) is 4.09. The molecule has 3 nitrogen and oxygen atoms in total. The molecule has 0 saturated carbocycles. The number of ether oxygens (including phenoxy) is 1. The lowest BCUT2D eigenvalue weighted by Gasteiger charge is -2.24. The van der Waals surface area contributed by atoms with Crippen LogP contribution in [0.2, 0.25) is 5.02 Å². The molecule has 4 heteroatoms. The van der Waals surface area contributed by atoms with Crippen LogP contribution in [0.1, 0.15) is 29.8 Å². The summed E-state index contributed by atoms with van der Waals surface area (Å²) >= 11 is 6.00. The molecule has 0 atom stereocenters. The molecule has 0 radical (unpaired) electrons. The Bertz CT molecular complexity index is 663. The zero-order chi connectivity index (χ0) is 15.6. The molecular formula is C17H18ClNO2. The molecule has 2 rings (SSSR count). The SMILES string of the molecule is COc1cc(C(=O)C(C)(C)c2ccc(N)cc2)ccc1Cl. The normalized spacial score (nSPS) is 11.2. The van der Waals surface area contributed by atoms with Crippen LogP contribution in [-0.4, -0.2) is 12.9 Å². The molecule has 2 aromatic rings. The van der Waals surface area contributed by atoms with Crippen LogP contribution in [0.3, 0.4) is 0 Å². The highest BCUT2D eigenvalue weighted by molar-refractivity contribution is 6.32. The van der Waals surface area contributed by atoms with Gasteiger partial charge < -0.3 is 10.5 Å². The molecule has 0 unspecified atom stereocenters. The first-order valence-corrected chi connectivity index (χ1v) is 6.98. The average molecular weight is 304 g/mol. The second kappa shape index (κ2) is 5.78. The van der Waals surface area contributed by atoms with Crippen molar-refractivity contribution >= 4 is 23.1 Å². The summed E-state index contributed by atoms with van der Waals surface area (Å²) in [6.07, 6.45) is 0. The molecule has 0 aliphatic carbocycles. The van der Waals surface area contributed by atoms with Crippen LogP contribution in [0.4, 0.5) is 5.69 Å². The second-order valence-corrected chi connectivity index (χ2v) is 5.83. The summed E-state index contributed by atoms with van der Waals surface area (Å²) in [6, 6.07) is 12.4. The number of Topliss-reactive ketones (excluding diaryl/α,β-unsaturated/α-hetero) is 1. The van der Waals surface area contributed by atoms with Crippen LogP contribution in [0, 0.1) is 0 Å². The standard InChI is InChI=1S/C17H18ClNO2/c1-17(2,12-5-7-13(19)8-6-12)16(20)11-4-9-14(18)15(10-11)21-3/h4-10H,19H2,1-3H3. The Morgan fingerprint density at radius 1 is 1.14 bits per heavy atom. The lowest BCUT2D eigenvalue weighted by molar-refractivity contribution is 0.0908. The van der Waals surface area contributed by atoms with Crippen LogP contribution in [0.5, 0.6) is 5.75 Å². The van der Waals surface area contributed by atoms with Crippen molar-refractivity contribution in [3.63, 3.8) is 0 Å². The predicted molar refractivity (Wildman–Crippen MR) is 86.2 cm³/mol. The third-order valence-corrected chi connectivity index (χ3v) is 3.93. The van der Waals surface area contributed by atoms with E-state index in [0.29, 0.717) is 22.0 Å². The molecule has 2 N–H and O–H groups in total. The molecule has 0 heterocycles. The number of hydrogen-bond acceptors (Lipinski definition) is 3. The molecule has 0 aliphatic rings. The fourth-order valence-electron chi connectivity index (χ4n) is 2.19. The topological polar surface area (TPSA) is 52.3 Å². The maximum absolute atomic E-state index is 12.8. The van der Waals surface area contributed by atoms with E-state index in [9.17, 15) is 4.79 Å². The number of carbonyl (C=O) groups is 1. The van der Waals surface area contributed by atoms with Crippen molar-refractivity contribution in [1.29, 1.82) is 0 Å². The Kier molecular flexibility index (Phi) is 4.24. The van der Waals surface area contributed by atoms with Gasteiger partial charge in [0.15, 0.2) is 5.78 Å². The number of ketones is 1. The third kappa shape index (κ3) is 3.03. The number of anilines is 1. The minimum absolute atomic E-state index is 0.00207. The molecule has 110 valence electrons. The van der Waals surface area contributed by atoms with E-state index in [2.05, 4.69) is 0 Å². The molecule has 21 heavy (non-hydrogen) atoms. The molecule has 0 aliphatic heterocycles. The second-order valence-electron chi connectivity index (χ2n) is 5.43. The van der Waals surface area contributed by atoms with E-state index in [0.717, 1.165) is 5.56 Å². The number of rotatable bonds is 4. The van der Waals surface area contributed by atoms with E-state index >= 15 is 0 Å². The summed E-state index contributed by atoms with van der Waals surface area (Å²) in [7, 11) is 1.53. The minimum Gasteiger partial charge on any atom is -0.495 e. The van der Waals surface area contributed by atoms with Crippen LogP contribution in [0.15, 0.2) is 42.5 Å². The van der Waals surface area contributed by atoms with Gasteiger partial charge >= 0.3 is 0 Å². The molecule has 0 aromatic heterocycles. The van der Waals surface area contributed by atoms with E-state index in [1.807, 2.05) is 26.0 Å². The summed E-state index contributed by atoms with van der Waals surface area (Å²) in [6.45, 7) is 3.78. The van der Waals surface area contributed by atoms with Crippen molar-refractivity contribution in [3.8, 4) is 5.75 Å². The van der Waals surface area contributed by atoms with Gasteiger partial charge in [0.2, 0.25) is 0 Å². The van der Waals surface area contributed by atoms with Crippen LogP contribution < -0.4 is 10.5 Å². The van der Waals surface area contributed by atoms with Gasteiger partial charge in [-0.15, -0.1) is 0 Å². The number of benzene rings is 2. The van der Waals surface area contributed by atoms with Crippen LogP contribution >= 0.6 is 11.6 Å². The number of halogens is 1. The van der Waals surface area contributed by atoms with Crippen molar-refractivity contribution in [2.75, 3.05) is 12.8 Å². The lowest BCUT2D eigenvalue weighted by Crippen LogP contribution is -2.29. The Balaban J connectivity index is 2.40. The quantitative estimate of drug-likeness (QED) is 0.683. The Labute approximate surface area is 129 Å². The van der Waals surface area contributed by atoms with Gasteiger partial charge in [-0.05, 0) is 49.7 Å². The van der Waals surface area contributed by atoms with Gasteiger partial charge in [0.25, 0.3) is 0 Å². The number of nitrogens with two attached hydrogens (primary N) is 1. The van der Waals surface area contributed by atoms with Crippen molar-refractivity contribution in [3.05, 3.63) is 58.6 Å². The van der Waals surface area contributed by atoms with Crippen molar-refractivity contribution in [1.82, 2.24) is 0 Å². The van der Waals surface area contributed by atoms with E-state index in [1.165, 1.54) is 7.11 Å². The number of hydrogen-bond donors (Lipinski definition) is 1. The van der Waals surface area contributed by atoms with Gasteiger partial charge in [0, 0.05) is 11.3 Å².